The molecule has 1 atom stereocenters. The Hall–Kier alpha value is -3.60. The Kier molecular flexibility index (Phi) is 5.27. The first kappa shape index (κ1) is 19.7. The smallest absolute Gasteiger partial charge is 0.290 e. The molecule has 152 valence electrons. The number of benzene rings is 2. The minimum Gasteiger partial charge on any atom is -0.503 e. The first-order chi connectivity index (χ1) is 14.5. The molecule has 0 radical (unpaired) electrons. The summed E-state index contributed by atoms with van der Waals surface area (Å²) >= 11 is 0. The van der Waals surface area contributed by atoms with Gasteiger partial charge in [-0.25, -0.2) is 0 Å². The number of Topliss-reactive ketones (excluding diaryl/α,β-unsaturated/α-hetero) is 1. The van der Waals surface area contributed by atoms with Gasteiger partial charge in [-0.15, -0.1) is 0 Å². The molecule has 5 heteroatoms. The second-order valence-corrected chi connectivity index (χ2v) is 7.42. The summed E-state index contributed by atoms with van der Waals surface area (Å²) in [4.78, 5) is 27.8. The maximum absolute atomic E-state index is 13.2. The topological polar surface area (TPSA) is 70.7 Å². The second-order valence-electron chi connectivity index (χ2n) is 7.42. The Bertz CT molecular complexity index is 1110. The summed E-state index contributed by atoms with van der Waals surface area (Å²) in [6.07, 6.45) is 0.885. The molecule has 2 aromatic carbocycles. The molecule has 0 saturated carbocycles. The molecule has 1 N–H and O–H groups in total. The van der Waals surface area contributed by atoms with E-state index < -0.39 is 23.5 Å². The van der Waals surface area contributed by atoms with E-state index in [1.54, 1.807) is 19.1 Å². The van der Waals surface area contributed by atoms with Crippen LogP contribution in [-0.4, -0.2) is 21.7 Å². The van der Waals surface area contributed by atoms with E-state index in [0.29, 0.717) is 5.76 Å². The summed E-state index contributed by atoms with van der Waals surface area (Å²) in [7, 11) is 0. The maximum Gasteiger partial charge on any atom is 0.290 e. The quantitative estimate of drug-likeness (QED) is 0.595. The number of aryl methyl sites for hydroxylation is 2. The van der Waals surface area contributed by atoms with E-state index in [9.17, 15) is 14.7 Å². The van der Waals surface area contributed by atoms with E-state index in [1.165, 1.54) is 4.90 Å². The van der Waals surface area contributed by atoms with Crippen molar-refractivity contribution in [3.63, 3.8) is 0 Å². The van der Waals surface area contributed by atoms with Crippen molar-refractivity contribution >= 4 is 11.7 Å². The average molecular weight is 401 g/mol. The highest BCUT2D eigenvalue weighted by Gasteiger charge is 2.44. The van der Waals surface area contributed by atoms with E-state index in [1.807, 2.05) is 54.6 Å². The number of rotatable bonds is 6. The van der Waals surface area contributed by atoms with Crippen molar-refractivity contribution in [2.45, 2.75) is 32.9 Å². The van der Waals surface area contributed by atoms with Crippen LogP contribution in [0, 0.1) is 6.92 Å². The molecule has 0 unspecified atom stereocenters. The number of aliphatic hydroxyl groups excluding tert-OH is 1. The lowest BCUT2D eigenvalue weighted by atomic mass is 9.94. The summed E-state index contributed by atoms with van der Waals surface area (Å²) in [5.74, 6) is -0.856. The number of amides is 1. The molecule has 5 nitrogen and oxygen atoms in total. The molecule has 0 fully saturated rings. The molecule has 2 heterocycles. The Morgan fingerprint density at radius 3 is 2.30 bits per heavy atom. The van der Waals surface area contributed by atoms with Gasteiger partial charge < -0.3 is 14.4 Å². The van der Waals surface area contributed by atoms with Crippen molar-refractivity contribution in [1.29, 1.82) is 0 Å². The average Bonchev–Trinajstić information content (AvgIpc) is 3.31. The van der Waals surface area contributed by atoms with Gasteiger partial charge in [-0.3, -0.25) is 9.59 Å². The zero-order chi connectivity index (χ0) is 21.3. The van der Waals surface area contributed by atoms with Crippen LogP contribution in [0.3, 0.4) is 0 Å². The molecule has 1 aliphatic rings. The zero-order valence-electron chi connectivity index (χ0n) is 17.0. The Labute approximate surface area is 175 Å². The molecule has 0 saturated heterocycles. The monoisotopic (exact) mass is 401 g/mol. The van der Waals surface area contributed by atoms with E-state index in [0.717, 1.165) is 23.1 Å². The van der Waals surface area contributed by atoms with Crippen LogP contribution in [0.2, 0.25) is 0 Å². The SMILES string of the molecule is CCc1ccc([C@H]2C(C(=O)c3ccc(C)o3)=C(O)C(=O)N2Cc2ccccc2)cc1. The van der Waals surface area contributed by atoms with Gasteiger partial charge in [0.05, 0.1) is 11.6 Å². The molecule has 4 rings (SSSR count). The third-order valence-corrected chi connectivity index (χ3v) is 5.41. The summed E-state index contributed by atoms with van der Waals surface area (Å²) < 4.78 is 5.49. The zero-order valence-corrected chi connectivity index (χ0v) is 17.0. The van der Waals surface area contributed by atoms with Crippen molar-refractivity contribution in [3.8, 4) is 0 Å². The lowest BCUT2D eigenvalue weighted by molar-refractivity contribution is -0.130. The molecule has 1 aromatic heterocycles. The largest absolute Gasteiger partial charge is 0.503 e. The summed E-state index contributed by atoms with van der Waals surface area (Å²) in [5.41, 5.74) is 2.89. The molecule has 0 aliphatic carbocycles. The number of ketones is 1. The number of carbonyl (C=O) groups is 2. The van der Waals surface area contributed by atoms with Crippen molar-refractivity contribution in [2.75, 3.05) is 0 Å². The lowest BCUT2D eigenvalue weighted by Gasteiger charge is -2.27. The van der Waals surface area contributed by atoms with Crippen LogP contribution in [0.4, 0.5) is 0 Å². The third-order valence-electron chi connectivity index (χ3n) is 5.41. The minimum absolute atomic E-state index is 0.0505. The first-order valence-electron chi connectivity index (χ1n) is 9.97. The fourth-order valence-corrected chi connectivity index (χ4v) is 3.80. The molecular weight excluding hydrogens is 378 g/mol. The van der Waals surface area contributed by atoms with Gasteiger partial charge in [0.15, 0.2) is 11.5 Å². The van der Waals surface area contributed by atoms with Gasteiger partial charge in [0.1, 0.15) is 5.76 Å². The molecule has 0 bridgehead atoms. The van der Waals surface area contributed by atoms with Crippen LogP contribution < -0.4 is 0 Å². The van der Waals surface area contributed by atoms with Crippen LogP contribution in [0.15, 0.2) is 82.5 Å². The fraction of sp³-hybridized carbons (Fsp3) is 0.200. The third kappa shape index (κ3) is 3.54. The molecule has 1 amide bonds. The number of carbonyl (C=O) groups excluding carboxylic acids is 2. The number of nitrogens with zero attached hydrogens (tertiary/aromatic N) is 1. The predicted molar refractivity (Wildman–Crippen MR) is 113 cm³/mol. The second kappa shape index (κ2) is 8.03. The molecule has 30 heavy (non-hydrogen) atoms. The number of hydrogen-bond acceptors (Lipinski definition) is 4. The maximum atomic E-state index is 13.2. The standard InChI is InChI=1S/C25H23NO4/c1-3-17-10-12-19(13-11-17)22-21(23(27)20-14-9-16(2)30-20)24(28)25(29)26(22)15-18-7-5-4-6-8-18/h4-14,22,28H,3,15H2,1-2H3/t22-/m0/s1. The van der Waals surface area contributed by atoms with E-state index in [4.69, 9.17) is 4.42 Å². The molecule has 0 spiro atoms. The fourth-order valence-electron chi connectivity index (χ4n) is 3.80. The number of hydrogen-bond donors (Lipinski definition) is 1. The van der Waals surface area contributed by atoms with Crippen LogP contribution in [0.25, 0.3) is 0 Å². The van der Waals surface area contributed by atoms with Crippen molar-refractivity contribution in [1.82, 2.24) is 4.90 Å². The van der Waals surface area contributed by atoms with E-state index in [2.05, 4.69) is 6.92 Å². The first-order valence-corrected chi connectivity index (χ1v) is 9.97. The molecular formula is C25H23NO4. The van der Waals surface area contributed by atoms with Crippen LogP contribution in [0.5, 0.6) is 0 Å². The van der Waals surface area contributed by atoms with Gasteiger partial charge in [0, 0.05) is 6.54 Å². The Morgan fingerprint density at radius 1 is 1.00 bits per heavy atom. The van der Waals surface area contributed by atoms with Gasteiger partial charge >= 0.3 is 0 Å². The normalized spacial score (nSPS) is 16.4. The van der Waals surface area contributed by atoms with Gasteiger partial charge in [-0.1, -0.05) is 61.5 Å². The highest BCUT2D eigenvalue weighted by Crippen LogP contribution is 2.40. The van der Waals surface area contributed by atoms with Gasteiger partial charge in [-0.2, -0.15) is 0 Å². The number of furan rings is 1. The van der Waals surface area contributed by atoms with E-state index in [-0.39, 0.29) is 17.9 Å². The highest BCUT2D eigenvalue weighted by atomic mass is 16.3. The van der Waals surface area contributed by atoms with Crippen molar-refractivity contribution in [2.24, 2.45) is 0 Å². The number of aliphatic hydroxyl groups is 1. The summed E-state index contributed by atoms with van der Waals surface area (Å²) in [6, 6.07) is 19.9. The van der Waals surface area contributed by atoms with Crippen molar-refractivity contribution < 1.29 is 19.1 Å². The summed E-state index contributed by atoms with van der Waals surface area (Å²) in [5, 5.41) is 10.7. The summed E-state index contributed by atoms with van der Waals surface area (Å²) in [6.45, 7) is 4.08. The van der Waals surface area contributed by atoms with Gasteiger partial charge in [0.2, 0.25) is 5.78 Å². The van der Waals surface area contributed by atoms with Crippen LogP contribution in [0.1, 0.15) is 46.0 Å². The molecule has 1 aliphatic heterocycles. The van der Waals surface area contributed by atoms with E-state index >= 15 is 0 Å². The van der Waals surface area contributed by atoms with Gasteiger partial charge in [-0.05, 0) is 42.2 Å². The highest BCUT2D eigenvalue weighted by molar-refractivity contribution is 6.15. The van der Waals surface area contributed by atoms with Crippen LogP contribution >= 0.6 is 0 Å². The van der Waals surface area contributed by atoms with Crippen molar-refractivity contribution in [3.05, 3.63) is 106 Å². The van der Waals surface area contributed by atoms with Gasteiger partial charge in [0.25, 0.3) is 5.91 Å². The minimum atomic E-state index is -0.693. The predicted octanol–water partition coefficient (Wildman–Crippen LogP) is 4.93. The Morgan fingerprint density at radius 2 is 1.70 bits per heavy atom. The Balaban J connectivity index is 1.79. The van der Waals surface area contributed by atoms with Crippen LogP contribution in [-0.2, 0) is 17.8 Å². The molecule has 3 aromatic rings. The lowest BCUT2D eigenvalue weighted by Crippen LogP contribution is -2.30.